The van der Waals surface area contributed by atoms with Gasteiger partial charge in [0.05, 0.1) is 24.1 Å². The molecule has 0 saturated carbocycles. The fourth-order valence-electron chi connectivity index (χ4n) is 3.17. The smallest absolute Gasteiger partial charge is 0.338 e. The fraction of sp³-hybridized carbons (Fsp3) is 0.333. The summed E-state index contributed by atoms with van der Waals surface area (Å²) >= 11 is 0. The first-order chi connectivity index (χ1) is 14.2. The molecule has 9 heteroatoms. The van der Waals surface area contributed by atoms with Gasteiger partial charge in [-0.05, 0) is 43.7 Å². The van der Waals surface area contributed by atoms with Crippen molar-refractivity contribution in [1.82, 2.24) is 0 Å². The van der Waals surface area contributed by atoms with Crippen LogP contribution >= 0.6 is 0 Å². The Balaban J connectivity index is 1.83. The Hall–Kier alpha value is -3.07. The van der Waals surface area contributed by atoms with E-state index in [0.717, 1.165) is 11.8 Å². The van der Waals surface area contributed by atoms with E-state index in [1.807, 2.05) is 0 Å². The van der Waals surface area contributed by atoms with Crippen LogP contribution in [0.25, 0.3) is 0 Å². The largest absolute Gasteiger partial charge is 0.478 e. The Labute approximate surface area is 175 Å². The number of hydrogen-bond donors (Lipinski definition) is 1. The van der Waals surface area contributed by atoms with Crippen LogP contribution in [-0.4, -0.2) is 45.8 Å². The molecular formula is C21H24N2O6S. The second kappa shape index (κ2) is 8.74. The minimum Gasteiger partial charge on any atom is -0.478 e. The van der Waals surface area contributed by atoms with Crippen LogP contribution in [0.1, 0.15) is 29.3 Å². The summed E-state index contributed by atoms with van der Waals surface area (Å²) in [6.07, 6.45) is 0.391. The Morgan fingerprint density at radius 3 is 2.67 bits per heavy atom. The SMILES string of the molecule is CCOC(=O)c1ccc(C)c(NC(=O)[C@@H]2CCN(S(C)(=O)=O)c3ccccc3O2)c1. The number of esters is 1. The van der Waals surface area contributed by atoms with Crippen molar-refractivity contribution in [2.24, 2.45) is 0 Å². The van der Waals surface area contributed by atoms with Crippen molar-refractivity contribution in [2.75, 3.05) is 29.0 Å². The van der Waals surface area contributed by atoms with Crippen LogP contribution in [0.5, 0.6) is 5.75 Å². The van der Waals surface area contributed by atoms with Gasteiger partial charge in [-0.2, -0.15) is 0 Å². The van der Waals surface area contributed by atoms with Crippen LogP contribution in [-0.2, 0) is 19.6 Å². The topological polar surface area (TPSA) is 102 Å². The number of carbonyl (C=O) groups excluding carboxylic acids is 2. The zero-order valence-electron chi connectivity index (χ0n) is 17.0. The van der Waals surface area contributed by atoms with Gasteiger partial charge in [0.1, 0.15) is 5.75 Å². The third-order valence-corrected chi connectivity index (χ3v) is 5.88. The number of rotatable bonds is 5. The lowest BCUT2D eigenvalue weighted by atomic mass is 10.1. The number of fused-ring (bicyclic) bond motifs is 1. The monoisotopic (exact) mass is 432 g/mol. The molecule has 0 unspecified atom stereocenters. The van der Waals surface area contributed by atoms with Crippen LogP contribution < -0.4 is 14.4 Å². The fourth-order valence-corrected chi connectivity index (χ4v) is 4.12. The van der Waals surface area contributed by atoms with E-state index >= 15 is 0 Å². The maximum absolute atomic E-state index is 12.9. The van der Waals surface area contributed by atoms with E-state index in [-0.39, 0.29) is 19.6 Å². The highest BCUT2D eigenvalue weighted by Gasteiger charge is 2.31. The van der Waals surface area contributed by atoms with Crippen LogP contribution in [0.15, 0.2) is 42.5 Å². The Bertz CT molecular complexity index is 1070. The van der Waals surface area contributed by atoms with Crippen LogP contribution in [0.3, 0.4) is 0 Å². The predicted molar refractivity (Wildman–Crippen MR) is 113 cm³/mol. The zero-order valence-corrected chi connectivity index (χ0v) is 17.9. The molecule has 3 rings (SSSR count). The lowest BCUT2D eigenvalue weighted by Crippen LogP contribution is -2.36. The van der Waals surface area contributed by atoms with Crippen LogP contribution in [0.2, 0.25) is 0 Å². The second-order valence-corrected chi connectivity index (χ2v) is 8.84. The standard InChI is InChI=1S/C21H24N2O6S/c1-4-28-21(25)15-10-9-14(2)16(13-15)22-20(24)19-11-12-23(30(3,26)27)17-7-5-6-8-18(17)29-19/h5-10,13,19H,4,11-12H2,1-3H3,(H,22,24)/t19-/m0/s1. The van der Waals surface area contributed by atoms with E-state index in [0.29, 0.717) is 22.7 Å². The number of nitrogens with zero attached hydrogens (tertiary/aromatic N) is 1. The highest BCUT2D eigenvalue weighted by atomic mass is 32.2. The number of anilines is 2. The molecule has 0 radical (unpaired) electrons. The zero-order chi connectivity index (χ0) is 21.9. The molecule has 1 heterocycles. The first kappa shape index (κ1) is 21.6. The summed E-state index contributed by atoms with van der Waals surface area (Å²) in [5, 5.41) is 2.79. The molecule has 1 amide bonds. The van der Waals surface area contributed by atoms with Gasteiger partial charge in [-0.1, -0.05) is 18.2 Å². The van der Waals surface area contributed by atoms with Gasteiger partial charge in [-0.25, -0.2) is 13.2 Å². The average molecular weight is 432 g/mol. The molecule has 0 aromatic heterocycles. The van der Waals surface area contributed by atoms with Gasteiger partial charge in [0.25, 0.3) is 5.91 Å². The van der Waals surface area contributed by atoms with Gasteiger partial charge in [-0.15, -0.1) is 0 Å². The van der Waals surface area contributed by atoms with Crippen molar-refractivity contribution >= 4 is 33.3 Å². The summed E-state index contributed by atoms with van der Waals surface area (Å²) in [5.41, 5.74) is 1.96. The molecule has 8 nitrogen and oxygen atoms in total. The quantitative estimate of drug-likeness (QED) is 0.729. The number of amides is 1. The maximum atomic E-state index is 12.9. The summed E-state index contributed by atoms with van der Waals surface area (Å²) < 4.78 is 36.5. The number of carbonyl (C=O) groups is 2. The van der Waals surface area contributed by atoms with E-state index in [9.17, 15) is 18.0 Å². The van der Waals surface area contributed by atoms with Crippen LogP contribution in [0, 0.1) is 6.92 Å². The minimum atomic E-state index is -3.53. The van der Waals surface area contributed by atoms with Gasteiger partial charge >= 0.3 is 5.97 Å². The Kier molecular flexibility index (Phi) is 6.31. The molecule has 0 aliphatic carbocycles. The third-order valence-electron chi connectivity index (χ3n) is 4.70. The Morgan fingerprint density at radius 2 is 1.97 bits per heavy atom. The molecule has 0 bridgehead atoms. The molecule has 1 N–H and O–H groups in total. The molecule has 30 heavy (non-hydrogen) atoms. The van der Waals surface area contributed by atoms with E-state index < -0.39 is 28.0 Å². The highest BCUT2D eigenvalue weighted by Crippen LogP contribution is 2.34. The molecule has 1 aliphatic rings. The average Bonchev–Trinajstić information content (AvgIpc) is 2.89. The first-order valence-corrected chi connectivity index (χ1v) is 11.4. The molecule has 0 saturated heterocycles. The van der Waals surface area contributed by atoms with Gasteiger partial charge in [0.15, 0.2) is 6.10 Å². The molecule has 2 aromatic rings. The second-order valence-electron chi connectivity index (χ2n) is 6.94. The van der Waals surface area contributed by atoms with Crippen molar-refractivity contribution in [2.45, 2.75) is 26.4 Å². The van der Waals surface area contributed by atoms with Crippen molar-refractivity contribution in [3.63, 3.8) is 0 Å². The number of aryl methyl sites for hydroxylation is 1. The van der Waals surface area contributed by atoms with E-state index in [1.165, 1.54) is 4.31 Å². The summed E-state index contributed by atoms with van der Waals surface area (Å²) in [5.74, 6) is -0.585. The number of hydrogen-bond acceptors (Lipinski definition) is 6. The van der Waals surface area contributed by atoms with Gasteiger partial charge in [-0.3, -0.25) is 9.10 Å². The predicted octanol–water partition coefficient (Wildman–Crippen LogP) is 2.73. The molecular weight excluding hydrogens is 408 g/mol. The van der Waals surface area contributed by atoms with Crippen molar-refractivity contribution < 1.29 is 27.5 Å². The van der Waals surface area contributed by atoms with Gasteiger partial charge in [0, 0.05) is 18.7 Å². The third kappa shape index (κ3) is 4.73. The summed E-state index contributed by atoms with van der Waals surface area (Å²) in [4.78, 5) is 24.9. The van der Waals surface area contributed by atoms with Crippen molar-refractivity contribution in [1.29, 1.82) is 0 Å². The molecule has 0 spiro atoms. The summed E-state index contributed by atoms with van der Waals surface area (Å²) in [6, 6.07) is 11.6. The molecule has 160 valence electrons. The summed E-state index contributed by atoms with van der Waals surface area (Å²) in [6.45, 7) is 3.88. The normalized spacial score (nSPS) is 16.1. The van der Waals surface area contributed by atoms with Crippen molar-refractivity contribution in [3.8, 4) is 5.75 Å². The number of ether oxygens (including phenoxy) is 2. The van der Waals surface area contributed by atoms with Gasteiger partial charge < -0.3 is 14.8 Å². The van der Waals surface area contributed by atoms with Crippen molar-refractivity contribution in [3.05, 3.63) is 53.6 Å². The first-order valence-electron chi connectivity index (χ1n) is 9.52. The highest BCUT2D eigenvalue weighted by molar-refractivity contribution is 7.92. The summed E-state index contributed by atoms with van der Waals surface area (Å²) in [7, 11) is -3.53. The lowest BCUT2D eigenvalue weighted by Gasteiger charge is -2.20. The number of nitrogens with one attached hydrogen (secondary N) is 1. The lowest BCUT2D eigenvalue weighted by molar-refractivity contribution is -0.122. The maximum Gasteiger partial charge on any atom is 0.338 e. The Morgan fingerprint density at radius 1 is 1.23 bits per heavy atom. The van der Waals surface area contributed by atoms with E-state index in [1.54, 1.807) is 56.3 Å². The van der Waals surface area contributed by atoms with Crippen LogP contribution in [0.4, 0.5) is 11.4 Å². The number of benzene rings is 2. The molecule has 2 aromatic carbocycles. The van der Waals surface area contributed by atoms with E-state index in [2.05, 4.69) is 5.32 Å². The minimum absolute atomic E-state index is 0.107. The number of sulfonamides is 1. The molecule has 1 aliphatic heterocycles. The number of para-hydroxylation sites is 2. The van der Waals surface area contributed by atoms with Gasteiger partial charge in [0.2, 0.25) is 10.0 Å². The molecule has 0 fully saturated rings. The van der Waals surface area contributed by atoms with E-state index in [4.69, 9.17) is 9.47 Å². The molecule has 1 atom stereocenters.